The summed E-state index contributed by atoms with van der Waals surface area (Å²) in [6.07, 6.45) is 3.55. The molecule has 0 aromatic heterocycles. The highest BCUT2D eigenvalue weighted by atomic mass is 19.1. The number of halogens is 1. The number of urea groups is 1. The van der Waals surface area contributed by atoms with E-state index in [9.17, 15) is 9.18 Å². The third-order valence-corrected chi connectivity index (χ3v) is 4.23. The fraction of sp³-hybridized carbons (Fsp3) is 0.643. The van der Waals surface area contributed by atoms with Crippen LogP contribution in [0.5, 0.6) is 0 Å². The first kappa shape index (κ1) is 12.7. The lowest BCUT2D eigenvalue weighted by molar-refractivity contribution is 0.114. The van der Waals surface area contributed by atoms with Crippen molar-refractivity contribution in [1.82, 2.24) is 15.1 Å². The van der Waals surface area contributed by atoms with Crippen molar-refractivity contribution in [2.24, 2.45) is 0 Å². The molecule has 0 aromatic rings. The van der Waals surface area contributed by atoms with E-state index in [0.29, 0.717) is 26.1 Å². The second-order valence-corrected chi connectivity index (χ2v) is 5.50. The molecule has 2 atom stereocenters. The van der Waals surface area contributed by atoms with Gasteiger partial charge in [0.25, 0.3) is 0 Å². The topological polar surface area (TPSA) is 35.6 Å². The summed E-state index contributed by atoms with van der Waals surface area (Å²) in [5, 5.41) is 3.03. The average molecular weight is 265 g/mol. The minimum atomic E-state index is -0.954. The van der Waals surface area contributed by atoms with Crippen LogP contribution in [0.25, 0.3) is 0 Å². The Bertz CT molecular complexity index is 434. The fourth-order valence-electron chi connectivity index (χ4n) is 3.17. The van der Waals surface area contributed by atoms with E-state index in [1.54, 1.807) is 9.80 Å². The third-order valence-electron chi connectivity index (χ3n) is 4.23. The molecule has 5 heteroatoms. The first-order valence-electron chi connectivity index (χ1n) is 6.98. The normalized spacial score (nSPS) is 32.2. The van der Waals surface area contributed by atoms with Crippen molar-refractivity contribution < 1.29 is 9.18 Å². The van der Waals surface area contributed by atoms with Gasteiger partial charge in [-0.25, -0.2) is 9.18 Å². The molecule has 0 bridgehead atoms. The molecule has 2 saturated heterocycles. The van der Waals surface area contributed by atoms with Crippen molar-refractivity contribution in [3.63, 3.8) is 0 Å². The Morgan fingerprint density at radius 1 is 1.37 bits per heavy atom. The first-order valence-corrected chi connectivity index (χ1v) is 6.98. The van der Waals surface area contributed by atoms with Gasteiger partial charge >= 0.3 is 6.03 Å². The lowest BCUT2D eigenvalue weighted by Gasteiger charge is -2.34. The van der Waals surface area contributed by atoms with Crippen LogP contribution in [0.15, 0.2) is 23.9 Å². The Morgan fingerprint density at radius 3 is 2.89 bits per heavy atom. The molecule has 3 aliphatic rings. The number of alkyl halides is 1. The molecule has 1 N–H and O–H groups in total. The molecule has 3 rings (SSSR count). The first-order chi connectivity index (χ1) is 9.16. The van der Waals surface area contributed by atoms with Gasteiger partial charge in [0.1, 0.15) is 6.17 Å². The van der Waals surface area contributed by atoms with Gasteiger partial charge in [-0.05, 0) is 31.9 Å². The quantitative estimate of drug-likeness (QED) is 0.824. The highest BCUT2D eigenvalue weighted by molar-refractivity contribution is 5.79. The van der Waals surface area contributed by atoms with Crippen LogP contribution in [-0.2, 0) is 0 Å². The number of allylic oxidation sites excluding steroid dienone is 3. The van der Waals surface area contributed by atoms with Gasteiger partial charge < -0.3 is 10.2 Å². The standard InChI is InChI=1S/C14H20FN3O/c1-10-2-3-11(8-10)17-6-7-18(14(17)19)13-4-5-16-9-12(13)15/h8,12-13,16H,1-7,9H2. The monoisotopic (exact) mass is 265 g/mol. The molecule has 0 spiro atoms. The number of rotatable bonds is 2. The number of carbonyl (C=O) groups is 1. The summed E-state index contributed by atoms with van der Waals surface area (Å²) in [6, 6.07) is -0.292. The number of nitrogens with one attached hydrogen (secondary N) is 1. The minimum absolute atomic E-state index is 0.0319. The lowest BCUT2D eigenvalue weighted by atomic mass is 10.0. The van der Waals surface area contributed by atoms with Crippen LogP contribution >= 0.6 is 0 Å². The van der Waals surface area contributed by atoms with Gasteiger partial charge in [0.2, 0.25) is 0 Å². The number of piperidine rings is 1. The van der Waals surface area contributed by atoms with Gasteiger partial charge in [-0.15, -0.1) is 0 Å². The number of hydrogen-bond acceptors (Lipinski definition) is 2. The van der Waals surface area contributed by atoms with Crippen molar-refractivity contribution in [3.05, 3.63) is 23.9 Å². The van der Waals surface area contributed by atoms with Crippen molar-refractivity contribution in [2.45, 2.75) is 31.5 Å². The number of amides is 2. The van der Waals surface area contributed by atoms with Gasteiger partial charge in [0.15, 0.2) is 0 Å². The second-order valence-electron chi connectivity index (χ2n) is 5.50. The number of carbonyl (C=O) groups excluding carboxylic acids is 1. The summed E-state index contributed by atoms with van der Waals surface area (Å²) in [4.78, 5) is 16.0. The number of nitrogens with zero attached hydrogens (tertiary/aromatic N) is 2. The van der Waals surface area contributed by atoms with Crippen LogP contribution in [-0.4, -0.2) is 54.2 Å². The van der Waals surface area contributed by atoms with Crippen LogP contribution < -0.4 is 5.32 Å². The molecule has 0 radical (unpaired) electrons. The predicted octanol–water partition coefficient (Wildman–Crippen LogP) is 1.66. The summed E-state index contributed by atoms with van der Waals surface area (Å²) in [7, 11) is 0. The SMILES string of the molecule is C=C1C=C(N2CCN(C3CCNCC3F)C2=O)CC1. The van der Waals surface area contributed by atoms with Crippen molar-refractivity contribution in [2.75, 3.05) is 26.2 Å². The van der Waals surface area contributed by atoms with Gasteiger partial charge in [0.05, 0.1) is 6.04 Å². The Balaban J connectivity index is 1.71. The second kappa shape index (κ2) is 4.96. The summed E-state index contributed by atoms with van der Waals surface area (Å²) in [5.74, 6) is 0. The highest BCUT2D eigenvalue weighted by Gasteiger charge is 2.40. The summed E-state index contributed by atoms with van der Waals surface area (Å²) < 4.78 is 13.9. The average Bonchev–Trinajstić information content (AvgIpc) is 2.97. The van der Waals surface area contributed by atoms with E-state index < -0.39 is 6.17 Å². The number of hydrogen-bond donors (Lipinski definition) is 1. The Labute approximate surface area is 112 Å². The Kier molecular flexibility index (Phi) is 3.31. The molecule has 0 saturated carbocycles. The third kappa shape index (κ3) is 2.27. The maximum Gasteiger partial charge on any atom is 0.324 e. The van der Waals surface area contributed by atoms with Crippen LogP contribution in [0.1, 0.15) is 19.3 Å². The van der Waals surface area contributed by atoms with Crippen LogP contribution in [0.4, 0.5) is 9.18 Å². The zero-order valence-electron chi connectivity index (χ0n) is 11.1. The predicted molar refractivity (Wildman–Crippen MR) is 71.4 cm³/mol. The zero-order valence-corrected chi connectivity index (χ0v) is 11.1. The minimum Gasteiger partial charge on any atom is -0.317 e. The summed E-state index contributed by atoms with van der Waals surface area (Å²) in [5.41, 5.74) is 2.12. The summed E-state index contributed by atoms with van der Waals surface area (Å²) in [6.45, 7) is 6.37. The lowest BCUT2D eigenvalue weighted by Crippen LogP contribution is -2.52. The van der Waals surface area contributed by atoms with Gasteiger partial charge in [0, 0.05) is 25.3 Å². The molecule has 2 unspecified atom stereocenters. The van der Waals surface area contributed by atoms with E-state index in [-0.39, 0.29) is 12.1 Å². The molecule has 19 heavy (non-hydrogen) atoms. The molecule has 0 aromatic carbocycles. The van der Waals surface area contributed by atoms with E-state index in [4.69, 9.17) is 0 Å². The molecule has 2 amide bonds. The van der Waals surface area contributed by atoms with Gasteiger partial charge in [-0.1, -0.05) is 12.2 Å². The Morgan fingerprint density at radius 2 is 2.21 bits per heavy atom. The van der Waals surface area contributed by atoms with Gasteiger partial charge in [-0.2, -0.15) is 0 Å². The molecule has 1 aliphatic carbocycles. The molecule has 2 fully saturated rings. The summed E-state index contributed by atoms with van der Waals surface area (Å²) >= 11 is 0. The molecular weight excluding hydrogens is 245 g/mol. The Hall–Kier alpha value is -1.36. The van der Waals surface area contributed by atoms with Crippen LogP contribution in [0, 0.1) is 0 Å². The molecule has 2 aliphatic heterocycles. The zero-order chi connectivity index (χ0) is 13.4. The van der Waals surface area contributed by atoms with Crippen LogP contribution in [0.3, 0.4) is 0 Å². The van der Waals surface area contributed by atoms with E-state index >= 15 is 0 Å². The fourth-order valence-corrected chi connectivity index (χ4v) is 3.17. The maximum atomic E-state index is 13.9. The maximum absolute atomic E-state index is 13.9. The molecule has 2 heterocycles. The van der Waals surface area contributed by atoms with Crippen molar-refractivity contribution in [3.8, 4) is 0 Å². The highest BCUT2D eigenvalue weighted by Crippen LogP contribution is 2.29. The van der Waals surface area contributed by atoms with Crippen molar-refractivity contribution in [1.29, 1.82) is 0 Å². The van der Waals surface area contributed by atoms with E-state index in [1.807, 2.05) is 6.08 Å². The van der Waals surface area contributed by atoms with Crippen LogP contribution in [0.2, 0.25) is 0 Å². The smallest absolute Gasteiger partial charge is 0.317 e. The molecule has 104 valence electrons. The van der Waals surface area contributed by atoms with Crippen molar-refractivity contribution >= 4 is 6.03 Å². The van der Waals surface area contributed by atoms with Gasteiger partial charge in [-0.3, -0.25) is 4.90 Å². The molecule has 4 nitrogen and oxygen atoms in total. The van der Waals surface area contributed by atoms with E-state index in [1.165, 1.54) is 0 Å². The molecular formula is C14H20FN3O. The van der Waals surface area contributed by atoms with E-state index in [0.717, 1.165) is 30.7 Å². The largest absolute Gasteiger partial charge is 0.324 e. The van der Waals surface area contributed by atoms with E-state index in [2.05, 4.69) is 11.9 Å².